The molecule has 1 aliphatic heterocycles. The van der Waals surface area contributed by atoms with E-state index in [2.05, 4.69) is 0 Å². The summed E-state index contributed by atoms with van der Waals surface area (Å²) < 4.78 is 11.0. The van der Waals surface area contributed by atoms with Crippen molar-refractivity contribution in [1.29, 1.82) is 0 Å². The van der Waals surface area contributed by atoms with Crippen LogP contribution in [0.4, 0.5) is 0 Å². The van der Waals surface area contributed by atoms with Crippen molar-refractivity contribution in [3.63, 3.8) is 0 Å². The van der Waals surface area contributed by atoms with E-state index in [9.17, 15) is 14.4 Å². The summed E-state index contributed by atoms with van der Waals surface area (Å²) in [5.74, 6) is 3.57. The molecule has 5 heteroatoms. The number of allylic oxidation sites excluding steroid dienone is 5. The Hall–Kier alpha value is -2.95. The molecule has 0 spiro atoms. The van der Waals surface area contributed by atoms with Gasteiger partial charge in [0.05, 0.1) is 12.7 Å². The van der Waals surface area contributed by atoms with Crippen molar-refractivity contribution >= 4 is 17.3 Å². The molecular weight excluding hydrogens is 368 g/mol. The number of ketones is 3. The second-order valence-corrected chi connectivity index (χ2v) is 8.72. The summed E-state index contributed by atoms with van der Waals surface area (Å²) in [6.07, 6.45) is 7.88. The Morgan fingerprint density at radius 2 is 1.86 bits per heavy atom. The van der Waals surface area contributed by atoms with Crippen LogP contribution in [-0.4, -0.2) is 24.5 Å². The van der Waals surface area contributed by atoms with Crippen LogP contribution in [0.5, 0.6) is 5.75 Å². The van der Waals surface area contributed by atoms with Crippen LogP contribution in [0.15, 0.2) is 53.5 Å². The van der Waals surface area contributed by atoms with E-state index in [1.165, 1.54) is 38.2 Å². The Labute approximate surface area is 168 Å². The van der Waals surface area contributed by atoms with Crippen molar-refractivity contribution in [3.8, 4) is 5.75 Å². The number of hydrogen-bond donors (Lipinski definition) is 0. The lowest BCUT2D eigenvalue weighted by Gasteiger charge is -2.29. The fourth-order valence-electron chi connectivity index (χ4n) is 5.74. The van der Waals surface area contributed by atoms with Gasteiger partial charge in [-0.05, 0) is 84.8 Å². The molecule has 0 amide bonds. The molecule has 0 aromatic heterocycles. The molecule has 1 aromatic carbocycles. The number of carbonyl (C=O) groups excluding carboxylic acids is 3. The standard InChI is InChI=1S/C24H20O5/c1-28-18-10-13(4-7-16(18)25)24-23(27)22(26)14-5-2-11(9-17(14)29-24)8-12-3-6-15-20-19(12)21(15)20/h2,4-5,7,9-10,12,15,19-21H,3,6,8H2,1H3/b24-13-. The molecule has 7 rings (SSSR count). The third-order valence-corrected chi connectivity index (χ3v) is 7.29. The van der Waals surface area contributed by atoms with Crippen LogP contribution >= 0.6 is 0 Å². The number of rotatable bonds is 3. The Morgan fingerprint density at radius 1 is 1.03 bits per heavy atom. The van der Waals surface area contributed by atoms with Crippen LogP contribution in [0.3, 0.4) is 0 Å². The van der Waals surface area contributed by atoms with E-state index in [0.29, 0.717) is 16.9 Å². The highest BCUT2D eigenvalue weighted by Gasteiger charge is 2.76. The van der Waals surface area contributed by atoms with Gasteiger partial charge in [-0.25, -0.2) is 0 Å². The second kappa shape index (κ2) is 5.78. The molecule has 3 atom stereocenters. The van der Waals surface area contributed by atoms with E-state index in [1.807, 2.05) is 12.1 Å². The van der Waals surface area contributed by atoms with Crippen molar-refractivity contribution in [3.05, 3.63) is 64.6 Å². The topological polar surface area (TPSA) is 69.7 Å². The van der Waals surface area contributed by atoms with Gasteiger partial charge in [0.2, 0.25) is 11.6 Å². The van der Waals surface area contributed by atoms with E-state index in [4.69, 9.17) is 9.47 Å². The number of fused-ring (bicyclic) bond motifs is 3. The average Bonchev–Trinajstić information content (AvgIpc) is 3.64. The number of Topliss-reactive ketones (excluding diaryl/α,β-unsaturated/α-hetero) is 2. The number of methoxy groups -OCH3 is 1. The van der Waals surface area contributed by atoms with Crippen molar-refractivity contribution < 1.29 is 23.9 Å². The van der Waals surface area contributed by atoms with Gasteiger partial charge in [0, 0.05) is 5.57 Å². The number of ether oxygens (including phenoxy) is 2. The second-order valence-electron chi connectivity index (χ2n) is 8.72. The molecule has 0 saturated heterocycles. The molecular formula is C24H20O5. The summed E-state index contributed by atoms with van der Waals surface area (Å²) in [6, 6.07) is 5.56. The van der Waals surface area contributed by atoms with Crippen molar-refractivity contribution in [1.82, 2.24) is 0 Å². The average molecular weight is 388 g/mol. The van der Waals surface area contributed by atoms with Gasteiger partial charge in [-0.2, -0.15) is 0 Å². The third-order valence-electron chi connectivity index (χ3n) is 7.29. The minimum Gasteiger partial charge on any atom is -0.493 e. The quantitative estimate of drug-likeness (QED) is 0.588. The molecule has 5 nitrogen and oxygen atoms in total. The third kappa shape index (κ3) is 2.43. The molecule has 0 radical (unpaired) electrons. The Bertz CT molecular complexity index is 1080. The lowest BCUT2D eigenvalue weighted by atomic mass is 9.76. The molecule has 6 aliphatic rings. The van der Waals surface area contributed by atoms with Gasteiger partial charge in [-0.15, -0.1) is 0 Å². The minimum absolute atomic E-state index is 0.0538. The first-order valence-electron chi connectivity index (χ1n) is 10.2. The van der Waals surface area contributed by atoms with E-state index in [-0.39, 0.29) is 17.3 Å². The van der Waals surface area contributed by atoms with Gasteiger partial charge < -0.3 is 9.47 Å². The first-order valence-corrected chi connectivity index (χ1v) is 10.2. The van der Waals surface area contributed by atoms with Crippen LogP contribution in [0.1, 0.15) is 28.8 Å². The summed E-state index contributed by atoms with van der Waals surface area (Å²) >= 11 is 0. The molecule has 3 unspecified atom stereocenters. The minimum atomic E-state index is -0.706. The largest absolute Gasteiger partial charge is 0.493 e. The highest BCUT2D eigenvalue weighted by atomic mass is 16.5. The zero-order valence-electron chi connectivity index (χ0n) is 16.0. The zero-order chi connectivity index (χ0) is 19.9. The van der Waals surface area contributed by atoms with E-state index >= 15 is 0 Å². The van der Waals surface area contributed by atoms with Gasteiger partial charge in [0.25, 0.3) is 5.78 Å². The summed E-state index contributed by atoms with van der Waals surface area (Å²) in [5.41, 5.74) is 1.81. The van der Waals surface area contributed by atoms with Crippen LogP contribution in [0.25, 0.3) is 0 Å². The molecule has 1 aromatic rings. The number of benzene rings is 1. The molecule has 5 aliphatic carbocycles. The van der Waals surface area contributed by atoms with E-state index < -0.39 is 11.6 Å². The lowest BCUT2D eigenvalue weighted by Crippen LogP contribution is -2.28. The monoisotopic (exact) mass is 388 g/mol. The van der Waals surface area contributed by atoms with E-state index in [0.717, 1.165) is 41.6 Å². The summed E-state index contributed by atoms with van der Waals surface area (Å²) in [5, 5.41) is 0. The predicted octanol–water partition coefficient (Wildman–Crippen LogP) is 3.20. The fourth-order valence-corrected chi connectivity index (χ4v) is 5.74. The van der Waals surface area contributed by atoms with Gasteiger partial charge in [0.1, 0.15) is 5.75 Å². The van der Waals surface area contributed by atoms with Crippen LogP contribution in [-0.2, 0) is 20.7 Å². The molecule has 4 saturated carbocycles. The maximum absolute atomic E-state index is 12.6. The Morgan fingerprint density at radius 3 is 2.62 bits per heavy atom. The zero-order valence-corrected chi connectivity index (χ0v) is 16.0. The normalized spacial score (nSPS) is 36.1. The van der Waals surface area contributed by atoms with Gasteiger partial charge in [0.15, 0.2) is 11.5 Å². The summed E-state index contributed by atoms with van der Waals surface area (Å²) in [4.78, 5) is 37.0. The SMILES string of the molecule is COC1=C/C(=C2\Oc3cc(CC4CCC5C6C4C56)ccc3C(=O)C2=O)C=CC1=O. The van der Waals surface area contributed by atoms with Crippen molar-refractivity contribution in [2.24, 2.45) is 29.6 Å². The Kier molecular flexibility index (Phi) is 3.38. The number of hydrogen-bond acceptors (Lipinski definition) is 5. The van der Waals surface area contributed by atoms with Crippen LogP contribution < -0.4 is 4.74 Å². The van der Waals surface area contributed by atoms with Crippen molar-refractivity contribution in [2.45, 2.75) is 19.3 Å². The first kappa shape index (κ1) is 17.0. The molecule has 4 fully saturated rings. The van der Waals surface area contributed by atoms with Gasteiger partial charge in [-0.1, -0.05) is 6.07 Å². The lowest BCUT2D eigenvalue weighted by molar-refractivity contribution is -0.115. The highest BCUT2D eigenvalue weighted by Crippen LogP contribution is 2.80. The van der Waals surface area contributed by atoms with Crippen molar-refractivity contribution in [2.75, 3.05) is 7.11 Å². The fraction of sp³-hybridized carbons (Fsp3) is 0.375. The van der Waals surface area contributed by atoms with Gasteiger partial charge in [-0.3, -0.25) is 14.4 Å². The predicted molar refractivity (Wildman–Crippen MR) is 103 cm³/mol. The van der Waals surface area contributed by atoms with E-state index in [1.54, 1.807) is 6.07 Å². The highest BCUT2D eigenvalue weighted by molar-refractivity contribution is 6.50. The molecule has 2 bridgehead atoms. The van der Waals surface area contributed by atoms with Crippen LogP contribution in [0, 0.1) is 29.6 Å². The Balaban J connectivity index is 1.32. The maximum atomic E-state index is 12.6. The smallest absolute Gasteiger partial charge is 0.269 e. The summed E-state index contributed by atoms with van der Waals surface area (Å²) in [7, 11) is 1.39. The molecule has 29 heavy (non-hydrogen) atoms. The maximum Gasteiger partial charge on any atom is 0.269 e. The molecule has 0 N–H and O–H groups in total. The van der Waals surface area contributed by atoms with Gasteiger partial charge >= 0.3 is 0 Å². The van der Waals surface area contributed by atoms with Crippen LogP contribution in [0.2, 0.25) is 0 Å². The molecule has 1 heterocycles. The molecule has 146 valence electrons. The first-order chi connectivity index (χ1) is 14.1. The summed E-state index contributed by atoms with van der Waals surface area (Å²) in [6.45, 7) is 0. The number of carbonyl (C=O) groups is 3.